The molecule has 6 N–H and O–H groups in total. The van der Waals surface area contributed by atoms with Crippen LogP contribution in [0.1, 0.15) is 29.9 Å². The van der Waals surface area contributed by atoms with E-state index in [4.69, 9.17) is 30.5 Å². The third kappa shape index (κ3) is 6.98. The number of benzene rings is 2. The van der Waals surface area contributed by atoms with E-state index in [-0.39, 0.29) is 11.7 Å². The molecule has 0 unspecified atom stereocenters. The number of phenols is 1. The molecule has 0 saturated carbocycles. The number of carbonyl (C=O) groups is 2. The number of anilines is 3. The summed E-state index contributed by atoms with van der Waals surface area (Å²) in [4.78, 5) is 31.9. The highest BCUT2D eigenvalue weighted by Gasteiger charge is 2.20. The number of aliphatic imine (C=N–C) groups is 1. The summed E-state index contributed by atoms with van der Waals surface area (Å²) in [5, 5.41) is 28.8. The van der Waals surface area contributed by atoms with Crippen LogP contribution in [0.2, 0.25) is 0 Å². The average Bonchev–Trinajstić information content (AvgIpc) is 3.36. The highest BCUT2D eigenvalue weighted by molar-refractivity contribution is 7.21. The fourth-order valence-corrected chi connectivity index (χ4v) is 4.28. The Hall–Kier alpha value is -4.51. The van der Waals surface area contributed by atoms with Crippen molar-refractivity contribution in [3.8, 4) is 5.75 Å². The van der Waals surface area contributed by atoms with Crippen molar-refractivity contribution in [2.24, 2.45) is 4.99 Å². The molecule has 0 radical (unpaired) electrons. The van der Waals surface area contributed by atoms with Crippen molar-refractivity contribution in [2.45, 2.75) is 20.4 Å². The van der Waals surface area contributed by atoms with Gasteiger partial charge in [-0.2, -0.15) is 4.98 Å². The molecule has 0 fully saturated rings. The number of nitrogen functional groups attached to an aromatic ring is 1. The van der Waals surface area contributed by atoms with Crippen molar-refractivity contribution in [1.29, 1.82) is 0 Å². The highest BCUT2D eigenvalue weighted by Crippen LogP contribution is 2.34. The molecule has 10 nitrogen and oxygen atoms in total. The van der Waals surface area contributed by atoms with E-state index in [1.165, 1.54) is 5.56 Å². The molecule has 0 saturated heterocycles. The number of carboxylic acids is 2. The summed E-state index contributed by atoms with van der Waals surface area (Å²) in [7, 11) is 0. The number of nitrogens with zero attached hydrogens (tertiary/aromatic N) is 3. The Morgan fingerprint density at radius 3 is 2.43 bits per heavy atom. The lowest BCUT2D eigenvalue weighted by molar-refractivity contribution is -0.135. The third-order valence-electron chi connectivity index (χ3n) is 4.45. The molecule has 4 aromatic rings. The smallest absolute Gasteiger partial charge is 0.300 e. The van der Waals surface area contributed by atoms with Crippen LogP contribution < -0.4 is 11.1 Å². The Labute approximate surface area is 204 Å². The molecular weight excluding hydrogens is 470 g/mol. The van der Waals surface area contributed by atoms with Crippen molar-refractivity contribution < 1.29 is 24.9 Å². The number of aliphatic carboxylic acids is 2. The quantitative estimate of drug-likeness (QED) is 0.280. The molecule has 0 atom stereocenters. The molecule has 2 aromatic heterocycles. The first kappa shape index (κ1) is 25.1. The van der Waals surface area contributed by atoms with E-state index in [9.17, 15) is 5.11 Å². The molecule has 180 valence electrons. The van der Waals surface area contributed by atoms with Crippen molar-refractivity contribution >= 4 is 56.5 Å². The van der Waals surface area contributed by atoms with E-state index in [0.717, 1.165) is 45.8 Å². The van der Waals surface area contributed by atoms with Crippen LogP contribution in [0.4, 0.5) is 17.5 Å². The van der Waals surface area contributed by atoms with E-state index in [1.54, 1.807) is 35.7 Å². The maximum absolute atomic E-state index is 9.71. The van der Waals surface area contributed by atoms with Crippen LogP contribution in [0.15, 0.2) is 59.7 Å². The van der Waals surface area contributed by atoms with Gasteiger partial charge >= 0.3 is 0 Å². The molecule has 11 heteroatoms. The number of aromatic nitrogens is 2. The molecule has 5 rings (SSSR count). The number of hydrogen-bond acceptors (Lipinski definition) is 9. The highest BCUT2D eigenvalue weighted by atomic mass is 32.1. The van der Waals surface area contributed by atoms with Gasteiger partial charge in [0.25, 0.3) is 11.9 Å². The zero-order chi connectivity index (χ0) is 25.5. The van der Waals surface area contributed by atoms with Gasteiger partial charge in [-0.05, 0) is 53.4 Å². The van der Waals surface area contributed by atoms with Gasteiger partial charge in [-0.15, -0.1) is 11.3 Å². The first-order valence-corrected chi connectivity index (χ1v) is 11.1. The van der Waals surface area contributed by atoms with Crippen LogP contribution in [0, 0.1) is 0 Å². The summed E-state index contributed by atoms with van der Waals surface area (Å²) in [6.45, 7) is 2.84. The minimum atomic E-state index is -0.833. The van der Waals surface area contributed by atoms with Gasteiger partial charge in [0.15, 0.2) is 0 Å². The number of carboxylic acid groups (broad SMARTS) is 2. The number of nitrogens with two attached hydrogens (primary N) is 1. The van der Waals surface area contributed by atoms with Gasteiger partial charge in [-0.3, -0.25) is 14.6 Å². The predicted octanol–water partition coefficient (Wildman–Crippen LogP) is 4.26. The van der Waals surface area contributed by atoms with Gasteiger partial charge in [0.05, 0.1) is 17.1 Å². The zero-order valence-corrected chi connectivity index (χ0v) is 19.7. The number of rotatable bonds is 3. The summed E-state index contributed by atoms with van der Waals surface area (Å²) >= 11 is 1.68. The fraction of sp³-hybridized carbons (Fsp3) is 0.125. The van der Waals surface area contributed by atoms with Gasteiger partial charge in [0.2, 0.25) is 5.95 Å². The molecule has 2 aromatic carbocycles. The number of phenolic OH excluding ortho intramolecular Hbond substituents is 1. The summed E-state index contributed by atoms with van der Waals surface area (Å²) in [5.74, 6) is -0.510. The summed E-state index contributed by atoms with van der Waals surface area (Å²) in [6, 6.07) is 15.5. The van der Waals surface area contributed by atoms with Crippen LogP contribution >= 0.6 is 11.3 Å². The molecular formula is C24H23N5O5S. The Morgan fingerprint density at radius 2 is 1.74 bits per heavy atom. The summed E-state index contributed by atoms with van der Waals surface area (Å²) < 4.78 is 1.13. The van der Waals surface area contributed by atoms with Crippen LogP contribution in [0.25, 0.3) is 10.1 Å². The number of hydrogen-bond donors (Lipinski definition) is 5. The second kappa shape index (κ2) is 11.1. The standard InChI is InChI=1S/C20H15N5OS.2C2H4O2/c21-20-22-6-5-18(25-20)24-13-2-1-11-10-23-19(15(11)9-13)17-8-12-7-14(26)3-4-16(12)27-17;2*1-2(3)4/h1-9,26H,10H2,(H3,21,22,24,25);2*1H3,(H,3,4). The maximum Gasteiger partial charge on any atom is 0.300 e. The Balaban J connectivity index is 0.000000376. The number of thiophene rings is 1. The van der Waals surface area contributed by atoms with E-state index in [1.807, 2.05) is 12.1 Å². The SMILES string of the molecule is CC(=O)O.CC(=O)O.Nc1nccc(Nc2ccc3c(c2)C(c2cc4cc(O)ccc4s2)=NC3)n1. The maximum atomic E-state index is 9.71. The largest absolute Gasteiger partial charge is 0.508 e. The molecule has 0 amide bonds. The van der Waals surface area contributed by atoms with Crippen LogP contribution in [0.3, 0.4) is 0 Å². The van der Waals surface area contributed by atoms with Gasteiger partial charge in [0, 0.05) is 36.0 Å². The molecule has 3 heterocycles. The molecule has 0 spiro atoms. The average molecular weight is 494 g/mol. The fourth-order valence-electron chi connectivity index (χ4n) is 3.21. The molecule has 0 bridgehead atoms. The lowest BCUT2D eigenvalue weighted by Gasteiger charge is -2.09. The first-order valence-electron chi connectivity index (χ1n) is 10.3. The number of nitrogens with one attached hydrogen (secondary N) is 1. The van der Waals surface area contributed by atoms with E-state index < -0.39 is 11.9 Å². The van der Waals surface area contributed by atoms with Crippen LogP contribution in [-0.4, -0.2) is 42.9 Å². The van der Waals surface area contributed by atoms with Gasteiger partial charge in [-0.25, -0.2) is 4.98 Å². The lowest BCUT2D eigenvalue weighted by Crippen LogP contribution is -2.02. The normalized spacial score (nSPS) is 11.3. The van der Waals surface area contributed by atoms with E-state index in [2.05, 4.69) is 33.5 Å². The molecule has 35 heavy (non-hydrogen) atoms. The number of fused-ring (bicyclic) bond motifs is 2. The van der Waals surface area contributed by atoms with Crippen molar-refractivity contribution in [1.82, 2.24) is 9.97 Å². The second-order valence-corrected chi connectivity index (χ2v) is 8.42. The Bertz CT molecular complexity index is 1400. The van der Waals surface area contributed by atoms with Crippen molar-refractivity contribution in [2.75, 3.05) is 11.1 Å². The van der Waals surface area contributed by atoms with Crippen molar-refractivity contribution in [3.63, 3.8) is 0 Å². The first-order chi connectivity index (χ1) is 16.6. The molecule has 1 aliphatic heterocycles. The monoisotopic (exact) mass is 493 g/mol. The molecule has 1 aliphatic rings. The summed E-state index contributed by atoms with van der Waals surface area (Å²) in [6.07, 6.45) is 1.62. The Kier molecular flexibility index (Phi) is 7.95. The number of aromatic hydroxyl groups is 1. The minimum Gasteiger partial charge on any atom is -0.508 e. The van der Waals surface area contributed by atoms with E-state index in [0.29, 0.717) is 12.4 Å². The zero-order valence-electron chi connectivity index (χ0n) is 18.9. The minimum absolute atomic E-state index is 0.233. The van der Waals surface area contributed by atoms with Gasteiger partial charge < -0.3 is 26.4 Å². The third-order valence-corrected chi connectivity index (χ3v) is 5.58. The lowest BCUT2D eigenvalue weighted by atomic mass is 10.0. The summed E-state index contributed by atoms with van der Waals surface area (Å²) in [5.41, 5.74) is 9.85. The van der Waals surface area contributed by atoms with Crippen LogP contribution in [-0.2, 0) is 16.1 Å². The van der Waals surface area contributed by atoms with Crippen molar-refractivity contribution in [3.05, 3.63) is 70.7 Å². The van der Waals surface area contributed by atoms with Gasteiger partial charge in [0.1, 0.15) is 11.6 Å². The Morgan fingerprint density at radius 1 is 1.03 bits per heavy atom. The second-order valence-electron chi connectivity index (χ2n) is 7.33. The predicted molar refractivity (Wildman–Crippen MR) is 136 cm³/mol. The van der Waals surface area contributed by atoms with E-state index >= 15 is 0 Å². The topological polar surface area (TPSA) is 171 Å². The molecule has 0 aliphatic carbocycles. The van der Waals surface area contributed by atoms with Gasteiger partial charge in [-0.1, -0.05) is 6.07 Å². The van der Waals surface area contributed by atoms with Crippen LogP contribution in [0.5, 0.6) is 5.75 Å².